The first-order chi connectivity index (χ1) is 11.0. The van der Waals surface area contributed by atoms with E-state index in [0.717, 1.165) is 19.3 Å². The summed E-state index contributed by atoms with van der Waals surface area (Å²) in [4.78, 5) is 11.9. The first kappa shape index (κ1) is 19.6. The number of unbranched alkanes of at least 4 members (excludes halogenated alkanes) is 5. The van der Waals surface area contributed by atoms with Gasteiger partial charge in [0.25, 0.3) is 0 Å². The first-order valence-corrected chi connectivity index (χ1v) is 8.40. The molecule has 6 heteroatoms. The molecule has 0 saturated carbocycles. The zero-order valence-electron chi connectivity index (χ0n) is 13.8. The summed E-state index contributed by atoms with van der Waals surface area (Å²) in [7, 11) is 1.22. The number of nitrogens with two attached hydrogens (primary N) is 1. The van der Waals surface area contributed by atoms with Crippen LogP contribution in [0.15, 0.2) is 0 Å². The van der Waals surface area contributed by atoms with Crippen molar-refractivity contribution in [3.05, 3.63) is 21.7 Å². The maximum atomic E-state index is 11.9. The molecule has 0 saturated heterocycles. The molecule has 23 heavy (non-hydrogen) atoms. The van der Waals surface area contributed by atoms with Crippen molar-refractivity contribution in [2.24, 2.45) is 5.73 Å². The van der Waals surface area contributed by atoms with Gasteiger partial charge in [0.1, 0.15) is 17.1 Å². The van der Waals surface area contributed by atoms with Crippen LogP contribution in [0.5, 0.6) is 11.5 Å². The number of benzene rings is 1. The number of carbonyl (C=O) groups is 1. The molecule has 4 N–H and O–H groups in total. The molecule has 0 radical (unpaired) electrons. The van der Waals surface area contributed by atoms with E-state index in [1.165, 1.54) is 26.4 Å². The molecule has 0 aliphatic carbocycles. The molecule has 1 aromatic rings. The molecule has 1 rings (SSSR count). The quantitative estimate of drug-likeness (QED) is 0.467. The van der Waals surface area contributed by atoms with Gasteiger partial charge in [0.05, 0.1) is 12.1 Å². The van der Waals surface area contributed by atoms with Gasteiger partial charge in [-0.2, -0.15) is 0 Å². The minimum Gasteiger partial charge on any atom is -0.507 e. The molecule has 130 valence electrons. The van der Waals surface area contributed by atoms with Gasteiger partial charge in [0, 0.05) is 17.7 Å². The third-order valence-corrected chi connectivity index (χ3v) is 4.36. The number of hydrogen-bond acceptors (Lipinski definition) is 5. The van der Waals surface area contributed by atoms with Crippen molar-refractivity contribution in [1.82, 2.24) is 0 Å². The van der Waals surface area contributed by atoms with Gasteiger partial charge in [0.2, 0.25) is 0 Å². The topological polar surface area (TPSA) is 92.8 Å². The van der Waals surface area contributed by atoms with Gasteiger partial charge in [-0.1, -0.05) is 50.6 Å². The molecule has 0 fully saturated rings. The number of rotatable bonds is 9. The lowest BCUT2D eigenvalue weighted by Crippen LogP contribution is -2.12. The van der Waals surface area contributed by atoms with E-state index in [1.807, 2.05) is 0 Å². The highest BCUT2D eigenvalue weighted by Gasteiger charge is 2.26. The first-order valence-electron chi connectivity index (χ1n) is 8.03. The van der Waals surface area contributed by atoms with Crippen LogP contribution in [0.3, 0.4) is 0 Å². The third kappa shape index (κ3) is 4.75. The number of aromatic hydroxyl groups is 2. The fraction of sp³-hybridized carbons (Fsp3) is 0.588. The van der Waals surface area contributed by atoms with E-state index in [2.05, 4.69) is 11.7 Å². The second kappa shape index (κ2) is 9.63. The molecule has 0 bridgehead atoms. The smallest absolute Gasteiger partial charge is 0.342 e. The summed E-state index contributed by atoms with van der Waals surface area (Å²) in [6.07, 6.45) is 6.90. The van der Waals surface area contributed by atoms with E-state index >= 15 is 0 Å². The molecule has 5 nitrogen and oxygen atoms in total. The summed E-state index contributed by atoms with van der Waals surface area (Å²) in [5, 5.41) is 20.6. The van der Waals surface area contributed by atoms with Gasteiger partial charge in [-0.25, -0.2) is 4.79 Å². The van der Waals surface area contributed by atoms with Crippen molar-refractivity contribution in [2.45, 2.75) is 58.4 Å². The molecule has 0 aromatic heterocycles. The van der Waals surface area contributed by atoms with Crippen LogP contribution in [0.25, 0.3) is 0 Å². The Balaban J connectivity index is 2.99. The van der Waals surface area contributed by atoms with E-state index < -0.39 is 5.97 Å². The minimum atomic E-state index is -0.714. The van der Waals surface area contributed by atoms with Crippen molar-refractivity contribution in [1.29, 1.82) is 0 Å². The van der Waals surface area contributed by atoms with Crippen LogP contribution < -0.4 is 5.73 Å². The summed E-state index contributed by atoms with van der Waals surface area (Å²) in [6.45, 7) is 2.08. The zero-order chi connectivity index (χ0) is 17.4. The van der Waals surface area contributed by atoms with Crippen LogP contribution in [-0.2, 0) is 17.7 Å². The highest BCUT2D eigenvalue weighted by molar-refractivity contribution is 6.33. The zero-order valence-corrected chi connectivity index (χ0v) is 14.6. The van der Waals surface area contributed by atoms with E-state index in [9.17, 15) is 15.0 Å². The Kier molecular flexibility index (Phi) is 8.20. The number of hydrogen-bond donors (Lipinski definition) is 3. The average molecular weight is 344 g/mol. The van der Waals surface area contributed by atoms with Crippen LogP contribution in [0, 0.1) is 0 Å². The normalized spacial score (nSPS) is 10.8. The molecule has 0 heterocycles. The van der Waals surface area contributed by atoms with Crippen molar-refractivity contribution in [3.8, 4) is 11.5 Å². The number of carbonyl (C=O) groups excluding carboxylic acids is 1. The Morgan fingerprint density at radius 1 is 1.09 bits per heavy atom. The maximum Gasteiger partial charge on any atom is 0.342 e. The van der Waals surface area contributed by atoms with E-state index in [4.69, 9.17) is 17.3 Å². The highest BCUT2D eigenvalue weighted by atomic mass is 35.5. The van der Waals surface area contributed by atoms with Crippen LogP contribution in [0.2, 0.25) is 5.02 Å². The standard InChI is InChI=1S/C17H26ClNO4/c1-3-4-5-6-7-8-9-11-15(20)13(17(22)23-2)12(10-19)14(18)16(11)21/h20-21H,3-10,19H2,1-2H3. The van der Waals surface area contributed by atoms with Gasteiger partial charge < -0.3 is 20.7 Å². The predicted octanol–water partition coefficient (Wildman–Crippen LogP) is 3.90. The number of halogens is 1. The van der Waals surface area contributed by atoms with E-state index in [-0.39, 0.29) is 39.8 Å². The lowest BCUT2D eigenvalue weighted by molar-refractivity contribution is 0.0596. The highest BCUT2D eigenvalue weighted by Crippen LogP contribution is 2.42. The van der Waals surface area contributed by atoms with Crippen molar-refractivity contribution >= 4 is 17.6 Å². The van der Waals surface area contributed by atoms with Crippen LogP contribution in [0.1, 0.15) is 66.9 Å². The summed E-state index contributed by atoms with van der Waals surface area (Å²) in [6, 6.07) is 0. The summed E-state index contributed by atoms with van der Waals surface area (Å²) in [5.74, 6) is -1.20. The molecule has 0 atom stereocenters. The fourth-order valence-corrected chi connectivity index (χ4v) is 2.91. The van der Waals surface area contributed by atoms with Crippen molar-refractivity contribution in [2.75, 3.05) is 7.11 Å². The Bertz CT molecular complexity index is 546. The molecular weight excluding hydrogens is 318 g/mol. The second-order valence-electron chi connectivity index (χ2n) is 5.56. The number of phenolic OH excluding ortho intramolecular Hbond substituents is 2. The fourth-order valence-electron chi connectivity index (χ4n) is 2.62. The van der Waals surface area contributed by atoms with Gasteiger partial charge in [0.15, 0.2) is 0 Å². The molecule has 0 aliphatic rings. The summed E-state index contributed by atoms with van der Waals surface area (Å²) < 4.78 is 4.68. The number of esters is 1. The Labute approximate surface area is 142 Å². The lowest BCUT2D eigenvalue weighted by atomic mass is 9.96. The number of phenols is 2. The van der Waals surface area contributed by atoms with Crippen LogP contribution in [0.4, 0.5) is 0 Å². The van der Waals surface area contributed by atoms with Gasteiger partial charge in [-0.05, 0) is 12.8 Å². The molecular formula is C17H26ClNO4. The second-order valence-corrected chi connectivity index (χ2v) is 5.93. The van der Waals surface area contributed by atoms with Crippen LogP contribution in [-0.4, -0.2) is 23.3 Å². The Morgan fingerprint density at radius 2 is 1.70 bits per heavy atom. The summed E-state index contributed by atoms with van der Waals surface area (Å²) in [5.41, 5.74) is 6.00. The van der Waals surface area contributed by atoms with Gasteiger partial charge >= 0.3 is 5.97 Å². The third-order valence-electron chi connectivity index (χ3n) is 3.96. The average Bonchev–Trinajstić information content (AvgIpc) is 2.55. The summed E-state index contributed by atoms with van der Waals surface area (Å²) >= 11 is 6.11. The number of methoxy groups -OCH3 is 1. The Morgan fingerprint density at radius 3 is 2.26 bits per heavy atom. The van der Waals surface area contributed by atoms with Gasteiger partial charge in [-0.3, -0.25) is 0 Å². The van der Waals surface area contributed by atoms with Crippen molar-refractivity contribution in [3.63, 3.8) is 0 Å². The largest absolute Gasteiger partial charge is 0.507 e. The lowest BCUT2D eigenvalue weighted by Gasteiger charge is -2.16. The van der Waals surface area contributed by atoms with Gasteiger partial charge in [-0.15, -0.1) is 0 Å². The predicted molar refractivity (Wildman–Crippen MR) is 91.1 cm³/mol. The SMILES string of the molecule is CCCCCCCCc1c(O)c(Cl)c(CN)c(C(=O)OC)c1O. The maximum absolute atomic E-state index is 11.9. The van der Waals surface area contributed by atoms with Crippen molar-refractivity contribution < 1.29 is 19.7 Å². The monoisotopic (exact) mass is 343 g/mol. The molecule has 1 aromatic carbocycles. The van der Waals surface area contributed by atoms with Crippen LogP contribution >= 0.6 is 11.6 Å². The molecule has 0 aliphatic heterocycles. The van der Waals surface area contributed by atoms with E-state index in [1.54, 1.807) is 0 Å². The minimum absolute atomic E-state index is 0.00619. The molecule has 0 spiro atoms. The van der Waals surface area contributed by atoms with E-state index in [0.29, 0.717) is 6.42 Å². The molecule has 0 amide bonds. The number of ether oxygens (including phenoxy) is 1. The Hall–Kier alpha value is -1.46. The molecule has 0 unspecified atom stereocenters.